The van der Waals surface area contributed by atoms with Crippen molar-refractivity contribution in [3.63, 3.8) is 0 Å². The Labute approximate surface area is 218 Å². The number of aryl methyl sites for hydroxylation is 1. The lowest BCUT2D eigenvalue weighted by atomic mass is 9.77. The molecule has 0 radical (unpaired) electrons. The van der Waals surface area contributed by atoms with Crippen LogP contribution in [0.2, 0.25) is 0 Å². The molecule has 4 aromatic rings. The molecule has 38 heavy (non-hydrogen) atoms. The average Bonchev–Trinajstić information content (AvgIpc) is 3.16. The van der Waals surface area contributed by atoms with E-state index in [0.717, 1.165) is 5.56 Å². The van der Waals surface area contributed by atoms with Gasteiger partial charge in [0.15, 0.2) is 5.60 Å². The van der Waals surface area contributed by atoms with E-state index in [9.17, 15) is 18.0 Å². The largest absolute Gasteiger partial charge is 0.456 e. The molecule has 0 bridgehead atoms. The predicted molar refractivity (Wildman–Crippen MR) is 135 cm³/mol. The SMILES string of the molecule is CC(=O)Oc1ccc2c(c1)Oc1cc(OS(=O)(=O)c3ccc(C)cc3)ccc1C21OC(=O)c2ccccc21. The first-order chi connectivity index (χ1) is 18.2. The van der Waals surface area contributed by atoms with E-state index in [0.29, 0.717) is 22.3 Å². The fraction of sp³-hybridized carbons (Fsp3) is 0.103. The molecular weight excluding hydrogens is 508 g/mol. The van der Waals surface area contributed by atoms with E-state index >= 15 is 0 Å². The fourth-order valence-corrected chi connectivity index (χ4v) is 5.72. The van der Waals surface area contributed by atoms with Gasteiger partial charge in [0.1, 0.15) is 27.9 Å². The molecule has 8 nitrogen and oxygen atoms in total. The van der Waals surface area contributed by atoms with Gasteiger partial charge in [-0.05, 0) is 49.4 Å². The van der Waals surface area contributed by atoms with Crippen LogP contribution in [0.15, 0.2) is 89.8 Å². The van der Waals surface area contributed by atoms with E-state index < -0.39 is 27.7 Å². The first-order valence-corrected chi connectivity index (χ1v) is 13.1. The number of hydrogen-bond donors (Lipinski definition) is 0. The number of ether oxygens (including phenoxy) is 3. The number of benzene rings is 4. The minimum absolute atomic E-state index is 0.00762. The van der Waals surface area contributed by atoms with Gasteiger partial charge in [-0.3, -0.25) is 4.79 Å². The Morgan fingerprint density at radius 3 is 2.13 bits per heavy atom. The lowest BCUT2D eigenvalue weighted by molar-refractivity contribution is -0.131. The summed E-state index contributed by atoms with van der Waals surface area (Å²) in [5, 5.41) is 0. The average molecular weight is 529 g/mol. The van der Waals surface area contributed by atoms with Gasteiger partial charge in [-0.2, -0.15) is 8.42 Å². The highest BCUT2D eigenvalue weighted by atomic mass is 32.2. The van der Waals surface area contributed by atoms with Crippen LogP contribution in [0, 0.1) is 6.92 Å². The number of carbonyl (C=O) groups is 2. The molecule has 6 rings (SSSR count). The van der Waals surface area contributed by atoms with Gasteiger partial charge in [0.05, 0.1) is 5.56 Å². The topological polar surface area (TPSA) is 105 Å². The second kappa shape index (κ2) is 8.46. The van der Waals surface area contributed by atoms with Gasteiger partial charge in [0.25, 0.3) is 0 Å². The molecule has 2 aliphatic heterocycles. The van der Waals surface area contributed by atoms with Crippen LogP contribution in [0.3, 0.4) is 0 Å². The number of carbonyl (C=O) groups excluding carboxylic acids is 2. The molecule has 1 unspecified atom stereocenters. The Hall–Kier alpha value is -4.63. The van der Waals surface area contributed by atoms with Gasteiger partial charge in [-0.25, -0.2) is 4.79 Å². The summed E-state index contributed by atoms with van der Waals surface area (Å²) in [6, 6.07) is 22.7. The first kappa shape index (κ1) is 23.7. The third-order valence-electron chi connectivity index (χ3n) is 6.43. The zero-order valence-electron chi connectivity index (χ0n) is 20.3. The van der Waals surface area contributed by atoms with Gasteiger partial charge in [-0.1, -0.05) is 35.9 Å². The van der Waals surface area contributed by atoms with Crippen LogP contribution in [0.4, 0.5) is 0 Å². The van der Waals surface area contributed by atoms with Crippen molar-refractivity contribution >= 4 is 22.1 Å². The fourth-order valence-electron chi connectivity index (χ4n) is 4.80. The van der Waals surface area contributed by atoms with E-state index in [1.54, 1.807) is 54.6 Å². The Morgan fingerprint density at radius 2 is 1.45 bits per heavy atom. The second-order valence-electron chi connectivity index (χ2n) is 8.98. The summed E-state index contributed by atoms with van der Waals surface area (Å²) in [7, 11) is -4.12. The van der Waals surface area contributed by atoms with Crippen molar-refractivity contribution < 1.29 is 36.4 Å². The van der Waals surface area contributed by atoms with Gasteiger partial charge in [0, 0.05) is 35.7 Å². The van der Waals surface area contributed by atoms with Crippen molar-refractivity contribution in [2.75, 3.05) is 0 Å². The highest BCUT2D eigenvalue weighted by molar-refractivity contribution is 7.87. The summed E-state index contributed by atoms with van der Waals surface area (Å²) in [6.07, 6.45) is 0. The van der Waals surface area contributed by atoms with Crippen molar-refractivity contribution in [3.8, 4) is 23.0 Å². The molecule has 0 fully saturated rings. The highest BCUT2D eigenvalue weighted by Crippen LogP contribution is 2.57. The lowest BCUT2D eigenvalue weighted by Crippen LogP contribution is -2.33. The molecule has 190 valence electrons. The van der Waals surface area contributed by atoms with Gasteiger partial charge in [-0.15, -0.1) is 0 Å². The van der Waals surface area contributed by atoms with Crippen LogP contribution in [0.1, 0.15) is 39.5 Å². The molecule has 0 saturated carbocycles. The molecule has 4 aromatic carbocycles. The molecule has 2 heterocycles. The summed E-state index contributed by atoms with van der Waals surface area (Å²) < 4.78 is 48.7. The molecule has 1 atom stereocenters. The second-order valence-corrected chi connectivity index (χ2v) is 10.5. The lowest BCUT2D eigenvalue weighted by Gasteiger charge is -2.36. The molecule has 1 spiro atoms. The van der Waals surface area contributed by atoms with Crippen molar-refractivity contribution in [3.05, 3.63) is 113 Å². The van der Waals surface area contributed by atoms with Gasteiger partial charge in [0.2, 0.25) is 0 Å². The van der Waals surface area contributed by atoms with Gasteiger partial charge < -0.3 is 18.4 Å². The highest BCUT2D eigenvalue weighted by Gasteiger charge is 2.53. The van der Waals surface area contributed by atoms with Crippen LogP contribution in [-0.4, -0.2) is 20.4 Å². The summed E-state index contributed by atoms with van der Waals surface area (Å²) in [4.78, 5) is 24.5. The molecule has 0 aromatic heterocycles. The van der Waals surface area contributed by atoms with Crippen LogP contribution < -0.4 is 13.7 Å². The summed E-state index contributed by atoms with van der Waals surface area (Å²) >= 11 is 0. The maximum absolute atomic E-state index is 13.0. The monoisotopic (exact) mass is 528 g/mol. The third-order valence-corrected chi connectivity index (χ3v) is 7.70. The Balaban J connectivity index is 1.49. The molecule has 0 saturated heterocycles. The molecule has 9 heteroatoms. The summed E-state index contributed by atoms with van der Waals surface area (Å²) in [5.74, 6) is -0.271. The molecule has 0 N–H and O–H groups in total. The molecular formula is C29H20O8S. The van der Waals surface area contributed by atoms with Crippen LogP contribution in [-0.2, 0) is 25.3 Å². The van der Waals surface area contributed by atoms with Crippen molar-refractivity contribution in [1.82, 2.24) is 0 Å². The quantitative estimate of drug-likeness (QED) is 0.201. The molecule has 0 aliphatic carbocycles. The zero-order chi connectivity index (χ0) is 26.7. The first-order valence-electron chi connectivity index (χ1n) is 11.7. The number of esters is 2. The van der Waals surface area contributed by atoms with E-state index in [1.165, 1.54) is 37.3 Å². The van der Waals surface area contributed by atoms with Gasteiger partial charge >= 0.3 is 22.1 Å². The number of rotatable bonds is 4. The smallest absolute Gasteiger partial charge is 0.340 e. The van der Waals surface area contributed by atoms with Crippen LogP contribution >= 0.6 is 0 Å². The number of hydrogen-bond acceptors (Lipinski definition) is 8. The van der Waals surface area contributed by atoms with Crippen molar-refractivity contribution in [2.45, 2.75) is 24.3 Å². The maximum Gasteiger partial charge on any atom is 0.340 e. The van der Waals surface area contributed by atoms with E-state index in [-0.39, 0.29) is 27.9 Å². The molecule has 2 aliphatic rings. The minimum Gasteiger partial charge on any atom is -0.456 e. The van der Waals surface area contributed by atoms with E-state index in [1.807, 2.05) is 6.92 Å². The summed E-state index contributed by atoms with van der Waals surface area (Å²) in [6.45, 7) is 3.14. The zero-order valence-corrected chi connectivity index (χ0v) is 21.1. The third kappa shape index (κ3) is 3.71. The predicted octanol–water partition coefficient (Wildman–Crippen LogP) is 5.26. The van der Waals surface area contributed by atoms with Crippen molar-refractivity contribution in [1.29, 1.82) is 0 Å². The minimum atomic E-state index is -4.12. The normalized spacial score (nSPS) is 17.1. The van der Waals surface area contributed by atoms with Crippen LogP contribution in [0.25, 0.3) is 0 Å². The van der Waals surface area contributed by atoms with Crippen molar-refractivity contribution in [2.24, 2.45) is 0 Å². The Kier molecular flexibility index (Phi) is 5.29. The Bertz CT molecular complexity index is 1740. The van der Waals surface area contributed by atoms with E-state index in [4.69, 9.17) is 18.4 Å². The molecule has 0 amide bonds. The van der Waals surface area contributed by atoms with E-state index in [2.05, 4.69) is 0 Å². The Morgan fingerprint density at radius 1 is 0.816 bits per heavy atom. The maximum atomic E-state index is 13.0. The summed E-state index contributed by atoms with van der Waals surface area (Å²) in [5.41, 5.74) is 1.58. The number of fused-ring (bicyclic) bond motifs is 6. The van der Waals surface area contributed by atoms with Crippen LogP contribution in [0.5, 0.6) is 23.0 Å². The standard InChI is InChI=1S/C29H20O8S/c1-17-7-11-21(12-8-17)38(32,33)37-20-10-14-25-27(16-20)35-26-15-19(34-18(2)30)9-13-24(26)29(25)23-6-4-3-5-22(23)28(31)36-29/h3-16H,1-2H3.